The minimum absolute atomic E-state index is 0.0434. The molecule has 0 aromatic carbocycles. The van der Waals surface area contributed by atoms with Gasteiger partial charge in [0.25, 0.3) is 7.82 Å². The van der Waals surface area contributed by atoms with Crippen LogP contribution in [-0.2, 0) is 32.7 Å². The van der Waals surface area contributed by atoms with Crippen LogP contribution in [0.2, 0.25) is 0 Å². The number of carbonyl (C=O) groups excluding carboxylic acids is 2. The Morgan fingerprint density at radius 3 is 0.870 bits per heavy atom. The molecule has 9 nitrogen and oxygen atoms in total. The van der Waals surface area contributed by atoms with Crippen molar-refractivity contribution in [2.75, 3.05) is 47.5 Å². The highest BCUT2D eigenvalue weighted by atomic mass is 31.2. The lowest BCUT2D eigenvalue weighted by Crippen LogP contribution is -2.37. The van der Waals surface area contributed by atoms with E-state index in [2.05, 4.69) is 208 Å². The zero-order valence-electron chi connectivity index (χ0n) is 58.9. The SMILES string of the molecule is CC/C=C\C/C=C\C/C=C\C/C=C\C/C=C\C/C=C\C/C=C\C/C=C\C/C=C\CCCCCCCCCCCC(=O)OC(COC(=O)CCCCCCCCCCC/C=C\C/C=C\C/C=C\C/C=C\C/C=C\C/C=C\C/C=C\CC)COP(=O)([O-])OCC[N+](C)(C)C. The van der Waals surface area contributed by atoms with E-state index in [1.165, 1.54) is 64.2 Å². The Morgan fingerprint density at radius 1 is 0.337 bits per heavy atom. The van der Waals surface area contributed by atoms with E-state index < -0.39 is 32.5 Å². The van der Waals surface area contributed by atoms with E-state index in [0.29, 0.717) is 23.9 Å². The van der Waals surface area contributed by atoms with Gasteiger partial charge in [0.2, 0.25) is 0 Å². The number of nitrogens with zero attached hydrogens (tertiary/aromatic N) is 1. The maximum Gasteiger partial charge on any atom is 0.306 e. The van der Waals surface area contributed by atoms with Gasteiger partial charge in [-0.05, 0) is 141 Å². The summed E-state index contributed by atoms with van der Waals surface area (Å²) >= 11 is 0. The predicted octanol–water partition coefficient (Wildman–Crippen LogP) is 23.4. The minimum atomic E-state index is -4.66. The average Bonchev–Trinajstić information content (AvgIpc) is 2.34. The molecule has 0 aromatic rings. The highest BCUT2D eigenvalue weighted by Crippen LogP contribution is 2.38. The molecule has 2 atom stereocenters. The molecular weight excluding hydrogens is 1160 g/mol. The van der Waals surface area contributed by atoms with E-state index in [-0.39, 0.29) is 26.1 Å². The van der Waals surface area contributed by atoms with Crippen molar-refractivity contribution in [1.82, 2.24) is 0 Å². The summed E-state index contributed by atoms with van der Waals surface area (Å²) < 4.78 is 34.3. The molecule has 0 saturated carbocycles. The molecule has 0 amide bonds. The highest BCUT2D eigenvalue weighted by molar-refractivity contribution is 7.45. The number of unbranched alkanes of at least 4 members (excludes halogenated alkanes) is 18. The molecule has 0 spiro atoms. The fourth-order valence-electron chi connectivity index (χ4n) is 9.16. The fourth-order valence-corrected chi connectivity index (χ4v) is 9.89. The van der Waals surface area contributed by atoms with Crippen LogP contribution in [0.4, 0.5) is 0 Å². The first-order valence-corrected chi connectivity index (χ1v) is 37.6. The summed E-state index contributed by atoms with van der Waals surface area (Å²) in [4.78, 5) is 38.1. The number of quaternary nitrogens is 1. The van der Waals surface area contributed by atoms with Crippen LogP contribution in [0.3, 0.4) is 0 Å². The molecule has 518 valence electrons. The standard InChI is InChI=1S/C82H132NO8P/c1-6-8-10-12-14-16-18-20-22-24-26-28-30-32-34-36-38-39-40-41-42-43-45-47-49-51-53-55-57-59-61-63-65-67-69-71-73-75-82(85)91-80(79-90-92(86,87)89-77-76-83(3,4)5)78-88-81(84)74-72-70-68-66-64-62-60-58-56-54-52-50-48-46-44-37-35-33-31-29-27-25-23-21-19-17-15-13-11-9-7-2/h8-11,14-17,20-23,26-29,32-35,38-39,41-42,44-47,50-53,80H,6-7,12-13,18-19,24-25,30-31,36-37,40,43,48-49,54-79H2,1-5H3/b10-8-,11-9-,16-14-,17-15-,22-20-,23-21-,28-26-,29-27-,34-32-,35-33-,39-38-,42-41-,46-44-,47-45-,52-50-,53-51-. The molecule has 92 heavy (non-hydrogen) atoms. The molecule has 0 aliphatic rings. The van der Waals surface area contributed by atoms with Gasteiger partial charge < -0.3 is 27.9 Å². The molecule has 0 heterocycles. The van der Waals surface area contributed by atoms with Crippen molar-refractivity contribution in [2.24, 2.45) is 0 Å². The second-order valence-corrected chi connectivity index (χ2v) is 25.9. The van der Waals surface area contributed by atoms with Gasteiger partial charge in [-0.1, -0.05) is 298 Å². The van der Waals surface area contributed by atoms with Crippen molar-refractivity contribution in [3.05, 3.63) is 194 Å². The summed E-state index contributed by atoms with van der Waals surface area (Å²) in [5, 5.41) is 0. The Bertz CT molecular complexity index is 2260. The van der Waals surface area contributed by atoms with E-state index in [4.69, 9.17) is 18.5 Å². The van der Waals surface area contributed by atoms with Crippen molar-refractivity contribution >= 4 is 19.8 Å². The quantitative estimate of drug-likeness (QED) is 0.0195. The molecule has 10 heteroatoms. The molecule has 0 bridgehead atoms. The number of likely N-dealkylation sites (N-methyl/N-ethyl adjacent to an activating group) is 1. The molecule has 0 aliphatic carbocycles. The lowest BCUT2D eigenvalue weighted by molar-refractivity contribution is -0.870. The van der Waals surface area contributed by atoms with Gasteiger partial charge in [0.15, 0.2) is 6.10 Å². The second kappa shape index (κ2) is 70.2. The lowest BCUT2D eigenvalue weighted by Gasteiger charge is -2.28. The monoisotopic (exact) mass is 1290 g/mol. The summed E-state index contributed by atoms with van der Waals surface area (Å²) in [7, 11) is 1.13. The highest BCUT2D eigenvalue weighted by Gasteiger charge is 2.22. The Balaban J connectivity index is 4.15. The largest absolute Gasteiger partial charge is 0.756 e. The third-order valence-electron chi connectivity index (χ3n) is 14.6. The summed E-state index contributed by atoms with van der Waals surface area (Å²) in [6.07, 6.45) is 109. The van der Waals surface area contributed by atoms with Crippen LogP contribution in [0.5, 0.6) is 0 Å². The Morgan fingerprint density at radius 2 is 0.587 bits per heavy atom. The Labute approximate surface area is 564 Å². The van der Waals surface area contributed by atoms with Gasteiger partial charge in [0, 0.05) is 12.8 Å². The summed E-state index contributed by atoms with van der Waals surface area (Å²) in [5.74, 6) is -0.859. The van der Waals surface area contributed by atoms with Crippen LogP contribution in [0.1, 0.15) is 258 Å². The van der Waals surface area contributed by atoms with Crippen LogP contribution in [-0.4, -0.2) is 70.0 Å². The number of rotatable bonds is 64. The van der Waals surface area contributed by atoms with Gasteiger partial charge in [0.05, 0.1) is 27.7 Å². The van der Waals surface area contributed by atoms with Gasteiger partial charge in [-0.15, -0.1) is 0 Å². The Kier molecular flexibility index (Phi) is 66.2. The van der Waals surface area contributed by atoms with Gasteiger partial charge in [-0.3, -0.25) is 14.2 Å². The van der Waals surface area contributed by atoms with Crippen LogP contribution >= 0.6 is 7.82 Å². The van der Waals surface area contributed by atoms with Crippen LogP contribution in [0, 0.1) is 0 Å². The first-order chi connectivity index (χ1) is 45.0. The molecule has 0 N–H and O–H groups in total. The van der Waals surface area contributed by atoms with Gasteiger partial charge in [-0.25, -0.2) is 0 Å². The van der Waals surface area contributed by atoms with E-state index in [1.54, 1.807) is 0 Å². The minimum Gasteiger partial charge on any atom is -0.756 e. The van der Waals surface area contributed by atoms with E-state index in [1.807, 2.05) is 21.1 Å². The maximum atomic E-state index is 12.9. The Hall–Kier alpha value is -5.15. The number of esters is 2. The first-order valence-electron chi connectivity index (χ1n) is 36.1. The third-order valence-corrected chi connectivity index (χ3v) is 15.6. The molecule has 0 saturated heterocycles. The number of ether oxygens (including phenoxy) is 2. The average molecular weight is 1290 g/mol. The van der Waals surface area contributed by atoms with Crippen LogP contribution < -0.4 is 4.89 Å². The lowest BCUT2D eigenvalue weighted by atomic mass is 10.1. The fraction of sp³-hybridized carbons (Fsp3) is 0.585. The molecule has 0 aliphatic heterocycles. The van der Waals surface area contributed by atoms with Gasteiger partial charge in [-0.2, -0.15) is 0 Å². The second-order valence-electron chi connectivity index (χ2n) is 24.5. The van der Waals surface area contributed by atoms with Gasteiger partial charge in [0.1, 0.15) is 19.8 Å². The first kappa shape index (κ1) is 86.9. The molecule has 0 fully saturated rings. The summed E-state index contributed by atoms with van der Waals surface area (Å²) in [6.45, 7) is 3.98. The van der Waals surface area contributed by atoms with Gasteiger partial charge >= 0.3 is 11.9 Å². The zero-order valence-corrected chi connectivity index (χ0v) is 59.8. The van der Waals surface area contributed by atoms with Crippen LogP contribution in [0.15, 0.2) is 194 Å². The molecule has 0 radical (unpaired) electrons. The van der Waals surface area contributed by atoms with Crippen molar-refractivity contribution in [2.45, 2.75) is 264 Å². The maximum absolute atomic E-state index is 12.9. The number of allylic oxidation sites excluding steroid dienone is 32. The zero-order chi connectivity index (χ0) is 66.9. The molecule has 2 unspecified atom stereocenters. The summed E-state index contributed by atoms with van der Waals surface area (Å²) in [6, 6.07) is 0. The van der Waals surface area contributed by atoms with Crippen molar-refractivity contribution in [3.8, 4) is 0 Å². The number of phosphoric acid groups is 1. The summed E-state index contributed by atoms with van der Waals surface area (Å²) in [5.41, 5.74) is 0. The number of carbonyl (C=O) groups is 2. The van der Waals surface area contributed by atoms with Crippen molar-refractivity contribution in [3.63, 3.8) is 0 Å². The van der Waals surface area contributed by atoms with Crippen molar-refractivity contribution in [1.29, 1.82) is 0 Å². The number of hydrogen-bond donors (Lipinski definition) is 0. The number of hydrogen-bond acceptors (Lipinski definition) is 8. The van der Waals surface area contributed by atoms with Crippen molar-refractivity contribution < 1.29 is 42.1 Å². The molecule has 0 aromatic heterocycles. The molecular formula is C82H132NO8P. The predicted molar refractivity (Wildman–Crippen MR) is 396 cm³/mol. The molecule has 0 rings (SSSR count). The van der Waals surface area contributed by atoms with E-state index in [0.717, 1.165) is 154 Å². The smallest absolute Gasteiger partial charge is 0.306 e. The topological polar surface area (TPSA) is 111 Å². The van der Waals surface area contributed by atoms with Crippen LogP contribution in [0.25, 0.3) is 0 Å². The number of phosphoric ester groups is 1. The normalized spacial score (nSPS) is 14.3. The third kappa shape index (κ3) is 73.9. The van der Waals surface area contributed by atoms with E-state index in [9.17, 15) is 19.0 Å². The van der Waals surface area contributed by atoms with E-state index >= 15 is 0 Å².